The van der Waals surface area contributed by atoms with Crippen molar-refractivity contribution >= 4 is 11.6 Å². The fourth-order valence-electron chi connectivity index (χ4n) is 1.70. The third-order valence-electron chi connectivity index (χ3n) is 2.59. The SMILES string of the molecule is CC(C)Oc1ncccc1CNC(=O)c1cc(N)c[nH]1. The molecule has 0 aliphatic heterocycles. The number of aromatic nitrogens is 2. The van der Waals surface area contributed by atoms with Gasteiger partial charge in [0.15, 0.2) is 0 Å². The number of pyridine rings is 1. The number of carbonyl (C=O) groups is 1. The van der Waals surface area contributed by atoms with E-state index in [1.54, 1.807) is 24.5 Å². The van der Waals surface area contributed by atoms with Crippen LogP contribution in [0.2, 0.25) is 0 Å². The minimum absolute atomic E-state index is 0.0301. The number of hydrogen-bond acceptors (Lipinski definition) is 4. The molecule has 0 radical (unpaired) electrons. The van der Waals surface area contributed by atoms with E-state index in [-0.39, 0.29) is 12.0 Å². The highest BCUT2D eigenvalue weighted by Crippen LogP contribution is 2.15. The maximum atomic E-state index is 11.9. The van der Waals surface area contributed by atoms with E-state index in [4.69, 9.17) is 10.5 Å². The molecule has 1 amide bonds. The standard InChI is InChI=1S/C14H18N4O2/c1-9(2)20-14-10(4-3-5-16-14)7-18-13(19)12-6-11(15)8-17-12/h3-6,8-9,17H,7,15H2,1-2H3,(H,18,19). The summed E-state index contributed by atoms with van der Waals surface area (Å²) in [4.78, 5) is 18.9. The van der Waals surface area contributed by atoms with Crippen molar-refractivity contribution < 1.29 is 9.53 Å². The van der Waals surface area contributed by atoms with Gasteiger partial charge in [0.25, 0.3) is 5.91 Å². The number of hydrogen-bond donors (Lipinski definition) is 3. The first-order chi connectivity index (χ1) is 9.56. The molecule has 0 atom stereocenters. The van der Waals surface area contributed by atoms with E-state index in [2.05, 4.69) is 15.3 Å². The Bertz CT molecular complexity index is 592. The van der Waals surface area contributed by atoms with Crippen molar-refractivity contribution in [1.82, 2.24) is 15.3 Å². The van der Waals surface area contributed by atoms with Crippen molar-refractivity contribution in [2.45, 2.75) is 26.5 Å². The molecule has 2 aromatic rings. The zero-order valence-corrected chi connectivity index (χ0v) is 11.5. The lowest BCUT2D eigenvalue weighted by Gasteiger charge is -2.13. The van der Waals surface area contributed by atoms with Crippen LogP contribution in [-0.2, 0) is 6.54 Å². The van der Waals surface area contributed by atoms with Crippen LogP contribution in [0.15, 0.2) is 30.6 Å². The molecule has 106 valence electrons. The Morgan fingerprint density at radius 3 is 3.00 bits per heavy atom. The van der Waals surface area contributed by atoms with Gasteiger partial charge >= 0.3 is 0 Å². The normalized spacial score (nSPS) is 10.6. The molecule has 6 heteroatoms. The molecule has 0 unspecified atom stereocenters. The predicted octanol–water partition coefficient (Wildman–Crippen LogP) is 1.71. The van der Waals surface area contributed by atoms with Crippen molar-refractivity contribution in [3.8, 4) is 5.88 Å². The zero-order valence-electron chi connectivity index (χ0n) is 11.5. The average Bonchev–Trinajstić information content (AvgIpc) is 2.83. The number of H-pyrrole nitrogens is 1. The van der Waals surface area contributed by atoms with Crippen LogP contribution in [0.25, 0.3) is 0 Å². The molecule has 2 heterocycles. The summed E-state index contributed by atoms with van der Waals surface area (Å²) in [6.07, 6.45) is 3.27. The number of aromatic amines is 1. The summed E-state index contributed by atoms with van der Waals surface area (Å²) in [5.41, 5.74) is 7.35. The van der Waals surface area contributed by atoms with Crippen molar-refractivity contribution in [2.24, 2.45) is 0 Å². The van der Waals surface area contributed by atoms with Crippen LogP contribution in [0.3, 0.4) is 0 Å². The molecule has 0 aliphatic carbocycles. The Morgan fingerprint density at radius 2 is 2.35 bits per heavy atom. The van der Waals surface area contributed by atoms with E-state index >= 15 is 0 Å². The molecular formula is C14H18N4O2. The van der Waals surface area contributed by atoms with Gasteiger partial charge in [-0.25, -0.2) is 4.98 Å². The molecule has 0 spiro atoms. The fourth-order valence-corrected chi connectivity index (χ4v) is 1.70. The van der Waals surface area contributed by atoms with Crippen LogP contribution in [0.4, 0.5) is 5.69 Å². The quantitative estimate of drug-likeness (QED) is 0.773. The number of ether oxygens (including phenoxy) is 1. The highest BCUT2D eigenvalue weighted by atomic mass is 16.5. The number of nitrogen functional groups attached to an aromatic ring is 1. The van der Waals surface area contributed by atoms with E-state index in [9.17, 15) is 4.79 Å². The lowest BCUT2D eigenvalue weighted by atomic mass is 10.2. The smallest absolute Gasteiger partial charge is 0.268 e. The summed E-state index contributed by atoms with van der Waals surface area (Å²) >= 11 is 0. The lowest BCUT2D eigenvalue weighted by Crippen LogP contribution is -2.24. The van der Waals surface area contributed by atoms with E-state index < -0.39 is 0 Å². The topological polar surface area (TPSA) is 93.0 Å². The molecule has 4 N–H and O–H groups in total. The van der Waals surface area contributed by atoms with E-state index in [1.807, 2.05) is 19.9 Å². The predicted molar refractivity (Wildman–Crippen MR) is 76.4 cm³/mol. The summed E-state index contributed by atoms with van der Waals surface area (Å²) in [6.45, 7) is 4.20. The molecule has 0 aromatic carbocycles. The monoisotopic (exact) mass is 274 g/mol. The summed E-state index contributed by atoms with van der Waals surface area (Å²) in [7, 11) is 0. The second kappa shape index (κ2) is 6.10. The largest absolute Gasteiger partial charge is 0.475 e. The first-order valence-corrected chi connectivity index (χ1v) is 6.39. The van der Waals surface area contributed by atoms with Gasteiger partial charge in [0.05, 0.1) is 6.10 Å². The third-order valence-corrected chi connectivity index (χ3v) is 2.59. The van der Waals surface area contributed by atoms with Crippen LogP contribution in [-0.4, -0.2) is 22.0 Å². The van der Waals surface area contributed by atoms with Gasteiger partial charge in [0, 0.05) is 30.2 Å². The van der Waals surface area contributed by atoms with Crippen LogP contribution in [0.1, 0.15) is 29.9 Å². The number of nitrogens with one attached hydrogen (secondary N) is 2. The molecule has 0 aliphatic rings. The van der Waals surface area contributed by atoms with Crippen molar-refractivity contribution in [3.63, 3.8) is 0 Å². The summed E-state index contributed by atoms with van der Waals surface area (Å²) in [6, 6.07) is 5.26. The fraction of sp³-hybridized carbons (Fsp3) is 0.286. The highest BCUT2D eigenvalue weighted by Gasteiger charge is 2.10. The summed E-state index contributed by atoms with van der Waals surface area (Å²) < 4.78 is 5.60. The van der Waals surface area contributed by atoms with Crippen LogP contribution >= 0.6 is 0 Å². The lowest BCUT2D eigenvalue weighted by molar-refractivity contribution is 0.0946. The van der Waals surface area contributed by atoms with Crippen molar-refractivity contribution in [2.75, 3.05) is 5.73 Å². The minimum Gasteiger partial charge on any atom is -0.475 e. The third kappa shape index (κ3) is 3.50. The molecule has 6 nitrogen and oxygen atoms in total. The maximum absolute atomic E-state index is 11.9. The van der Waals surface area contributed by atoms with Crippen molar-refractivity contribution in [3.05, 3.63) is 41.9 Å². The van der Waals surface area contributed by atoms with Crippen LogP contribution < -0.4 is 15.8 Å². The molecule has 0 saturated heterocycles. The molecule has 2 rings (SSSR count). The second-order valence-electron chi connectivity index (χ2n) is 4.66. The first-order valence-electron chi connectivity index (χ1n) is 6.39. The number of nitrogens with two attached hydrogens (primary N) is 1. The Morgan fingerprint density at radius 1 is 1.55 bits per heavy atom. The van der Waals surface area contributed by atoms with Gasteiger partial charge in [0.1, 0.15) is 5.69 Å². The zero-order chi connectivity index (χ0) is 14.5. The Balaban J connectivity index is 2.02. The van der Waals surface area contributed by atoms with E-state index in [0.29, 0.717) is 23.8 Å². The number of rotatable bonds is 5. The molecule has 0 bridgehead atoms. The van der Waals surface area contributed by atoms with Gasteiger partial charge in [-0.1, -0.05) is 6.07 Å². The molecule has 2 aromatic heterocycles. The van der Waals surface area contributed by atoms with Crippen LogP contribution in [0, 0.1) is 0 Å². The van der Waals surface area contributed by atoms with Gasteiger partial charge < -0.3 is 20.8 Å². The Hall–Kier alpha value is -2.50. The van der Waals surface area contributed by atoms with Gasteiger partial charge in [0.2, 0.25) is 5.88 Å². The summed E-state index contributed by atoms with van der Waals surface area (Å²) in [5, 5.41) is 2.80. The number of carbonyl (C=O) groups excluding carboxylic acids is 1. The van der Waals surface area contributed by atoms with E-state index in [0.717, 1.165) is 5.56 Å². The highest BCUT2D eigenvalue weighted by molar-refractivity contribution is 5.93. The molecule has 20 heavy (non-hydrogen) atoms. The molecular weight excluding hydrogens is 256 g/mol. The van der Waals surface area contributed by atoms with Gasteiger partial charge in [-0.3, -0.25) is 4.79 Å². The molecule has 0 saturated carbocycles. The number of anilines is 1. The number of amides is 1. The van der Waals surface area contributed by atoms with E-state index in [1.165, 1.54) is 0 Å². The average molecular weight is 274 g/mol. The Labute approximate surface area is 117 Å². The van der Waals surface area contributed by atoms with Crippen molar-refractivity contribution in [1.29, 1.82) is 0 Å². The first kappa shape index (κ1) is 13.9. The number of nitrogens with zero attached hydrogens (tertiary/aromatic N) is 1. The minimum atomic E-state index is -0.221. The molecule has 0 fully saturated rings. The van der Waals surface area contributed by atoms with Gasteiger partial charge in [-0.05, 0) is 26.0 Å². The van der Waals surface area contributed by atoms with Gasteiger partial charge in [-0.2, -0.15) is 0 Å². The summed E-state index contributed by atoms with van der Waals surface area (Å²) in [5.74, 6) is 0.315. The van der Waals surface area contributed by atoms with Crippen LogP contribution in [0.5, 0.6) is 5.88 Å². The Kier molecular flexibility index (Phi) is 4.24. The van der Waals surface area contributed by atoms with Gasteiger partial charge in [-0.15, -0.1) is 0 Å². The second-order valence-corrected chi connectivity index (χ2v) is 4.66. The maximum Gasteiger partial charge on any atom is 0.268 e.